The minimum atomic E-state index is 0.287. The second kappa shape index (κ2) is 6.43. The van der Waals surface area contributed by atoms with Crippen LogP contribution in [0.5, 0.6) is 0 Å². The average Bonchev–Trinajstić information content (AvgIpc) is 3.24. The summed E-state index contributed by atoms with van der Waals surface area (Å²) in [4.78, 5) is 15.1. The third-order valence-electron chi connectivity index (χ3n) is 5.19. The highest BCUT2D eigenvalue weighted by atomic mass is 32.1. The molecule has 2 aromatic heterocycles. The van der Waals surface area contributed by atoms with Crippen molar-refractivity contribution >= 4 is 22.2 Å². The van der Waals surface area contributed by atoms with Crippen LogP contribution in [0.1, 0.15) is 75.0 Å². The first-order chi connectivity index (χ1) is 11.6. The zero-order valence-corrected chi connectivity index (χ0v) is 15.3. The van der Waals surface area contributed by atoms with E-state index < -0.39 is 0 Å². The van der Waals surface area contributed by atoms with Gasteiger partial charge in [0.1, 0.15) is 5.01 Å². The molecule has 0 unspecified atom stereocenters. The molecule has 3 heterocycles. The van der Waals surface area contributed by atoms with Crippen molar-refractivity contribution < 1.29 is 4.79 Å². The molecule has 1 aliphatic carbocycles. The van der Waals surface area contributed by atoms with E-state index in [9.17, 15) is 4.79 Å². The molecule has 0 aromatic carbocycles. The first-order valence-electron chi connectivity index (χ1n) is 9.11. The standard InChI is InChI=1S/C17H25N5OS/c1-11(2)9-21-10-13(7-8-14(21)23)16-20-22-15(12-5-3-4-6-12)18-19-17(22)24-16/h11-13H,3-10H2,1-2H3/t13-/m1/s1. The average molecular weight is 347 g/mol. The fourth-order valence-corrected chi connectivity index (χ4v) is 4.96. The van der Waals surface area contributed by atoms with Crippen molar-refractivity contribution in [1.82, 2.24) is 24.7 Å². The molecule has 0 radical (unpaired) electrons. The van der Waals surface area contributed by atoms with Gasteiger partial charge in [0.05, 0.1) is 0 Å². The van der Waals surface area contributed by atoms with E-state index in [4.69, 9.17) is 5.10 Å². The van der Waals surface area contributed by atoms with E-state index in [1.165, 1.54) is 25.7 Å². The quantitative estimate of drug-likeness (QED) is 0.852. The normalized spacial score (nSPS) is 23.0. The molecule has 24 heavy (non-hydrogen) atoms. The summed E-state index contributed by atoms with van der Waals surface area (Å²) in [6, 6.07) is 0. The third-order valence-corrected chi connectivity index (χ3v) is 6.25. The minimum Gasteiger partial charge on any atom is -0.342 e. The lowest BCUT2D eigenvalue weighted by Crippen LogP contribution is -2.41. The van der Waals surface area contributed by atoms with E-state index in [0.717, 1.165) is 35.3 Å². The summed E-state index contributed by atoms with van der Waals surface area (Å²) in [5.41, 5.74) is 0. The summed E-state index contributed by atoms with van der Waals surface area (Å²) >= 11 is 1.65. The fourth-order valence-electron chi connectivity index (χ4n) is 3.98. The van der Waals surface area contributed by atoms with Crippen LogP contribution in [-0.4, -0.2) is 43.7 Å². The summed E-state index contributed by atoms with van der Waals surface area (Å²) in [5.74, 6) is 2.68. The Morgan fingerprint density at radius 2 is 1.96 bits per heavy atom. The van der Waals surface area contributed by atoms with E-state index in [1.54, 1.807) is 11.3 Å². The maximum absolute atomic E-state index is 12.1. The summed E-state index contributed by atoms with van der Waals surface area (Å²) in [7, 11) is 0. The number of carbonyl (C=O) groups is 1. The van der Waals surface area contributed by atoms with Crippen LogP contribution in [-0.2, 0) is 4.79 Å². The van der Waals surface area contributed by atoms with Gasteiger partial charge in [0.25, 0.3) is 0 Å². The second-order valence-corrected chi connectivity index (χ2v) is 8.59. The Morgan fingerprint density at radius 3 is 2.71 bits per heavy atom. The van der Waals surface area contributed by atoms with Crippen molar-refractivity contribution in [3.63, 3.8) is 0 Å². The van der Waals surface area contributed by atoms with Crippen molar-refractivity contribution in [2.75, 3.05) is 13.1 Å². The summed E-state index contributed by atoms with van der Waals surface area (Å²) < 4.78 is 1.97. The van der Waals surface area contributed by atoms with Crippen LogP contribution in [0.25, 0.3) is 4.96 Å². The Bertz CT molecular complexity index is 730. The summed E-state index contributed by atoms with van der Waals surface area (Å²) in [5, 5.41) is 14.7. The van der Waals surface area contributed by atoms with Crippen LogP contribution < -0.4 is 0 Å². The first-order valence-corrected chi connectivity index (χ1v) is 9.93. The summed E-state index contributed by atoms with van der Waals surface area (Å²) in [6.07, 6.45) is 6.50. The van der Waals surface area contributed by atoms with Gasteiger partial charge in [-0.3, -0.25) is 4.79 Å². The van der Waals surface area contributed by atoms with Crippen molar-refractivity contribution in [2.45, 2.75) is 64.2 Å². The maximum atomic E-state index is 12.1. The number of likely N-dealkylation sites (tertiary alicyclic amines) is 1. The van der Waals surface area contributed by atoms with Gasteiger partial charge in [-0.1, -0.05) is 38.0 Å². The van der Waals surface area contributed by atoms with Gasteiger partial charge in [0.15, 0.2) is 5.82 Å². The smallest absolute Gasteiger partial charge is 0.234 e. The van der Waals surface area contributed by atoms with Gasteiger partial charge in [-0.05, 0) is 25.2 Å². The van der Waals surface area contributed by atoms with Gasteiger partial charge in [-0.15, -0.1) is 10.2 Å². The van der Waals surface area contributed by atoms with E-state index >= 15 is 0 Å². The summed E-state index contributed by atoms with van der Waals surface area (Å²) in [6.45, 7) is 5.95. The highest BCUT2D eigenvalue weighted by Crippen LogP contribution is 2.35. The molecule has 2 aromatic rings. The van der Waals surface area contributed by atoms with E-state index in [-0.39, 0.29) is 5.91 Å². The van der Waals surface area contributed by atoms with Crippen molar-refractivity contribution in [1.29, 1.82) is 0 Å². The highest BCUT2D eigenvalue weighted by molar-refractivity contribution is 7.16. The van der Waals surface area contributed by atoms with Gasteiger partial charge in [-0.2, -0.15) is 9.61 Å². The second-order valence-electron chi connectivity index (χ2n) is 7.60. The van der Waals surface area contributed by atoms with Crippen LogP contribution in [0.2, 0.25) is 0 Å². The maximum Gasteiger partial charge on any atom is 0.234 e. The molecular weight excluding hydrogens is 322 g/mol. The van der Waals surface area contributed by atoms with Crippen molar-refractivity contribution in [3.05, 3.63) is 10.8 Å². The molecule has 0 bridgehead atoms. The van der Waals surface area contributed by atoms with Gasteiger partial charge >= 0.3 is 0 Å². The van der Waals surface area contributed by atoms with E-state index in [1.807, 2.05) is 9.42 Å². The molecule has 1 saturated heterocycles. The molecule has 4 rings (SSSR count). The van der Waals surface area contributed by atoms with Crippen LogP contribution in [0.15, 0.2) is 0 Å². The lowest BCUT2D eigenvalue weighted by Gasteiger charge is -2.32. The zero-order chi connectivity index (χ0) is 16.7. The van der Waals surface area contributed by atoms with Crippen LogP contribution in [0.4, 0.5) is 0 Å². The Morgan fingerprint density at radius 1 is 1.17 bits per heavy atom. The molecular formula is C17H25N5OS. The van der Waals surface area contributed by atoms with Crippen molar-refractivity contribution in [2.24, 2.45) is 5.92 Å². The highest BCUT2D eigenvalue weighted by Gasteiger charge is 2.31. The predicted molar refractivity (Wildman–Crippen MR) is 93.3 cm³/mol. The first kappa shape index (κ1) is 16.0. The van der Waals surface area contributed by atoms with Gasteiger partial charge < -0.3 is 4.90 Å². The number of hydrogen-bond acceptors (Lipinski definition) is 5. The number of fused-ring (bicyclic) bond motifs is 1. The molecule has 1 saturated carbocycles. The number of amides is 1. The number of aromatic nitrogens is 4. The topological polar surface area (TPSA) is 63.4 Å². The SMILES string of the molecule is CC(C)CN1C[C@H](c2nn3c(C4CCCC4)nnc3s2)CCC1=O. The Kier molecular flexibility index (Phi) is 4.28. The van der Waals surface area contributed by atoms with Crippen LogP contribution in [0, 0.1) is 5.92 Å². The number of rotatable bonds is 4. The molecule has 0 N–H and O–H groups in total. The number of hydrogen-bond donors (Lipinski definition) is 0. The third kappa shape index (κ3) is 2.94. The van der Waals surface area contributed by atoms with Crippen LogP contribution in [0.3, 0.4) is 0 Å². The number of carbonyl (C=O) groups excluding carboxylic acids is 1. The molecule has 130 valence electrons. The van der Waals surface area contributed by atoms with E-state index in [0.29, 0.717) is 24.2 Å². The van der Waals surface area contributed by atoms with Gasteiger partial charge in [0, 0.05) is 31.3 Å². The molecule has 1 atom stereocenters. The molecule has 6 nitrogen and oxygen atoms in total. The predicted octanol–water partition coefficient (Wildman–Crippen LogP) is 3.21. The Hall–Kier alpha value is -1.50. The van der Waals surface area contributed by atoms with Gasteiger partial charge in [0.2, 0.25) is 10.9 Å². The molecule has 7 heteroatoms. The minimum absolute atomic E-state index is 0.287. The van der Waals surface area contributed by atoms with E-state index in [2.05, 4.69) is 24.0 Å². The fraction of sp³-hybridized carbons (Fsp3) is 0.765. The molecule has 2 fully saturated rings. The van der Waals surface area contributed by atoms with Crippen molar-refractivity contribution in [3.8, 4) is 0 Å². The number of piperidine rings is 1. The molecule has 1 aliphatic heterocycles. The largest absolute Gasteiger partial charge is 0.342 e. The molecule has 0 spiro atoms. The zero-order valence-electron chi connectivity index (χ0n) is 14.4. The monoisotopic (exact) mass is 347 g/mol. The molecule has 2 aliphatic rings. The number of nitrogens with zero attached hydrogens (tertiary/aromatic N) is 5. The Balaban J connectivity index is 1.56. The lowest BCUT2D eigenvalue weighted by molar-refractivity contribution is -0.134. The Labute approximate surface area is 146 Å². The van der Waals surface area contributed by atoms with Crippen LogP contribution >= 0.6 is 11.3 Å². The van der Waals surface area contributed by atoms with Gasteiger partial charge in [-0.25, -0.2) is 0 Å². The lowest BCUT2D eigenvalue weighted by atomic mass is 9.97. The molecule has 1 amide bonds.